The van der Waals surface area contributed by atoms with E-state index in [1.54, 1.807) is 0 Å². The van der Waals surface area contributed by atoms with Crippen LogP contribution in [-0.2, 0) is 4.79 Å². The highest BCUT2D eigenvalue weighted by Gasteiger charge is 2.32. The predicted octanol–water partition coefficient (Wildman–Crippen LogP) is 8.38. The minimum atomic E-state index is -6.00. The van der Waals surface area contributed by atoms with Gasteiger partial charge in [0.15, 0.2) is 6.04 Å². The number of quaternary nitrogens is 1. The van der Waals surface area contributed by atoms with E-state index in [2.05, 4.69) is 34.5 Å². The van der Waals surface area contributed by atoms with E-state index in [-0.39, 0.29) is 11.8 Å². The van der Waals surface area contributed by atoms with Gasteiger partial charge in [0, 0.05) is 6.42 Å². The minimum absolute atomic E-state index is 0.0882. The second-order valence-electron chi connectivity index (χ2n) is 9.28. The smallest absolute Gasteiger partial charge is 0.418 e. The van der Waals surface area contributed by atoms with Crippen LogP contribution in [0, 0.1) is 0 Å². The van der Waals surface area contributed by atoms with Crippen LogP contribution in [0.1, 0.15) is 111 Å². The number of rotatable bonds is 18. The van der Waals surface area contributed by atoms with E-state index in [1.807, 2.05) is 6.92 Å². The second-order valence-corrected chi connectivity index (χ2v) is 9.28. The molecule has 7 heteroatoms. The third kappa shape index (κ3) is 22.1. The van der Waals surface area contributed by atoms with Crippen molar-refractivity contribution in [2.24, 2.45) is 0 Å². The summed E-state index contributed by atoms with van der Waals surface area (Å²) < 4.78 is 39.8. The maximum atomic E-state index is 12.5. The lowest BCUT2D eigenvalue weighted by atomic mass is 9.96. The van der Waals surface area contributed by atoms with Crippen molar-refractivity contribution >= 4 is 13.0 Å². The molecule has 0 saturated heterocycles. The first-order chi connectivity index (χ1) is 14.4. The Morgan fingerprint density at radius 2 is 1.10 bits per heavy atom. The fraction of sp³-hybridized carbons (Fsp3) is 0.875. The number of nitrogens with zero attached hydrogens (tertiary/aromatic N) is 1. The third-order valence-electron chi connectivity index (χ3n) is 5.96. The molecule has 1 unspecified atom stereocenters. The van der Waals surface area contributed by atoms with Gasteiger partial charge in [0.05, 0.1) is 20.6 Å². The predicted molar refractivity (Wildman–Crippen MR) is 127 cm³/mol. The summed E-state index contributed by atoms with van der Waals surface area (Å²) in [4.78, 5) is 12.5. The molecule has 0 amide bonds. The van der Waals surface area contributed by atoms with Crippen molar-refractivity contribution in [3.63, 3.8) is 0 Å². The zero-order chi connectivity index (χ0) is 24.3. The summed E-state index contributed by atoms with van der Waals surface area (Å²) in [5, 5.41) is 0. The highest BCUT2D eigenvalue weighted by Crippen LogP contribution is 2.19. The normalized spacial score (nSPS) is 12.8. The number of hydrogen-bond donors (Lipinski definition) is 0. The van der Waals surface area contributed by atoms with Crippen LogP contribution in [0.15, 0.2) is 12.2 Å². The molecule has 2 nitrogen and oxygen atoms in total. The maximum absolute atomic E-state index is 12.5. The van der Waals surface area contributed by atoms with E-state index < -0.39 is 7.25 Å². The van der Waals surface area contributed by atoms with Gasteiger partial charge in [0.2, 0.25) is 5.78 Å². The van der Waals surface area contributed by atoms with Crippen LogP contribution in [-0.4, -0.2) is 44.2 Å². The van der Waals surface area contributed by atoms with Crippen LogP contribution < -0.4 is 0 Å². The number of halogens is 4. The average Bonchev–Trinajstić information content (AvgIpc) is 2.66. The van der Waals surface area contributed by atoms with Gasteiger partial charge in [-0.15, -0.1) is 0 Å². The fourth-order valence-corrected chi connectivity index (χ4v) is 3.66. The third-order valence-corrected chi connectivity index (χ3v) is 5.96. The first kappa shape index (κ1) is 32.3. The number of hydrogen-bond acceptors (Lipinski definition) is 1. The van der Waals surface area contributed by atoms with Crippen LogP contribution in [0.25, 0.3) is 0 Å². The van der Waals surface area contributed by atoms with E-state index in [9.17, 15) is 22.1 Å². The molecular formula is C24H48BF4NO. The molecule has 1 atom stereocenters. The van der Waals surface area contributed by atoms with Crippen molar-refractivity contribution in [3.05, 3.63) is 12.2 Å². The summed E-state index contributed by atoms with van der Waals surface area (Å²) in [7, 11) is -1.65. The van der Waals surface area contributed by atoms with Gasteiger partial charge in [0.1, 0.15) is 0 Å². The summed E-state index contributed by atoms with van der Waals surface area (Å²) in [5.74, 6) is 0.260. The number of carbonyl (C=O) groups is 1. The summed E-state index contributed by atoms with van der Waals surface area (Å²) in [6.45, 7) is 11.2. The summed E-state index contributed by atoms with van der Waals surface area (Å²) in [6, 6.07) is 0.0882. The van der Waals surface area contributed by atoms with Gasteiger partial charge in [-0.3, -0.25) is 4.79 Å². The largest absolute Gasteiger partial charge is 0.673 e. The second kappa shape index (κ2) is 18.7. The first-order valence-electron chi connectivity index (χ1n) is 12.3. The van der Waals surface area contributed by atoms with Crippen LogP contribution in [0.3, 0.4) is 0 Å². The van der Waals surface area contributed by atoms with E-state index in [0.717, 1.165) is 17.4 Å². The lowest BCUT2D eigenvalue weighted by molar-refractivity contribution is -0.904. The Morgan fingerprint density at radius 3 is 1.39 bits per heavy atom. The van der Waals surface area contributed by atoms with Crippen molar-refractivity contribution in [3.8, 4) is 0 Å². The molecule has 0 aromatic rings. The Kier molecular flexibility index (Phi) is 19.5. The van der Waals surface area contributed by atoms with Gasteiger partial charge in [0.25, 0.3) is 0 Å². The van der Waals surface area contributed by atoms with Gasteiger partial charge in [-0.25, -0.2) is 0 Å². The van der Waals surface area contributed by atoms with Gasteiger partial charge >= 0.3 is 7.25 Å². The quantitative estimate of drug-likeness (QED) is 0.0670. The number of unbranched alkanes of at least 4 members (excludes halogenated alkanes) is 12. The van der Waals surface area contributed by atoms with E-state index in [1.165, 1.54) is 83.5 Å². The zero-order valence-electron chi connectivity index (χ0n) is 20.8. The highest BCUT2D eigenvalue weighted by atomic mass is 19.5. The van der Waals surface area contributed by atoms with Crippen molar-refractivity contribution in [2.45, 2.75) is 117 Å². The van der Waals surface area contributed by atoms with Crippen molar-refractivity contribution in [1.82, 2.24) is 0 Å². The van der Waals surface area contributed by atoms with Crippen molar-refractivity contribution in [1.29, 1.82) is 0 Å². The Balaban J connectivity index is 0. The SMILES string of the molecule is C=C(C)C(=O)C(CCCCCCCCCCCCCCC)[N+](C)(C)CC.F[B-](F)(F)F. The molecule has 0 saturated carbocycles. The monoisotopic (exact) mass is 453 g/mol. The molecule has 186 valence electrons. The Morgan fingerprint density at radius 1 is 0.774 bits per heavy atom. The number of carbonyl (C=O) groups excluding carboxylic acids is 1. The molecule has 0 bridgehead atoms. The van der Waals surface area contributed by atoms with Gasteiger partial charge in [-0.05, 0) is 25.8 Å². The van der Waals surface area contributed by atoms with E-state index in [0.29, 0.717) is 5.57 Å². The number of likely N-dealkylation sites (N-methyl/N-ethyl adjacent to an activating group) is 1. The van der Waals surface area contributed by atoms with E-state index >= 15 is 0 Å². The zero-order valence-corrected chi connectivity index (χ0v) is 20.8. The molecule has 0 aliphatic heterocycles. The molecule has 0 aromatic heterocycles. The standard InChI is InChI=1S/C24H48NO.BF4/c1-7-9-10-11-12-13-14-15-16-17-18-19-20-21-23(24(26)22(3)4)25(5,6)8-2;2-1(3,4)5/h23H,3,7-21H2,1-2,4-6H3;/q+1;-1. The van der Waals surface area contributed by atoms with Crippen LogP contribution in [0.4, 0.5) is 17.3 Å². The Bertz CT molecular complexity index is 461. The molecule has 31 heavy (non-hydrogen) atoms. The Hall–Kier alpha value is -0.845. The molecule has 0 aliphatic rings. The van der Waals surface area contributed by atoms with Crippen LogP contribution >= 0.6 is 0 Å². The average molecular weight is 453 g/mol. The molecule has 0 N–H and O–H groups in total. The van der Waals surface area contributed by atoms with Crippen LogP contribution in [0.2, 0.25) is 0 Å². The first-order valence-corrected chi connectivity index (χ1v) is 12.3. The summed E-state index contributed by atoms with van der Waals surface area (Å²) >= 11 is 0. The lowest BCUT2D eigenvalue weighted by Crippen LogP contribution is -2.52. The molecule has 0 radical (unpaired) electrons. The van der Waals surface area contributed by atoms with Crippen LogP contribution in [0.5, 0.6) is 0 Å². The van der Waals surface area contributed by atoms with Gasteiger partial charge in [-0.1, -0.05) is 90.6 Å². The van der Waals surface area contributed by atoms with Gasteiger partial charge in [-0.2, -0.15) is 0 Å². The molecule has 0 spiro atoms. The number of ketones is 1. The molecule has 0 aromatic carbocycles. The van der Waals surface area contributed by atoms with Crippen molar-refractivity contribution < 1.29 is 26.5 Å². The molecule has 0 fully saturated rings. The number of Topliss-reactive ketones (excluding diaryl/α,β-unsaturated/α-hetero) is 1. The highest BCUT2D eigenvalue weighted by molar-refractivity contribution is 6.50. The van der Waals surface area contributed by atoms with Gasteiger partial charge < -0.3 is 21.7 Å². The van der Waals surface area contributed by atoms with E-state index in [4.69, 9.17) is 0 Å². The minimum Gasteiger partial charge on any atom is -0.418 e. The summed E-state index contributed by atoms with van der Waals surface area (Å²) in [5.41, 5.74) is 0.712. The lowest BCUT2D eigenvalue weighted by Gasteiger charge is -2.36. The summed E-state index contributed by atoms with van der Waals surface area (Å²) in [6.07, 6.45) is 18.8. The molecule has 0 heterocycles. The Labute approximate surface area is 189 Å². The molecule has 0 rings (SSSR count). The van der Waals surface area contributed by atoms with Crippen molar-refractivity contribution in [2.75, 3.05) is 20.6 Å². The fourth-order valence-electron chi connectivity index (χ4n) is 3.66. The topological polar surface area (TPSA) is 17.1 Å². The maximum Gasteiger partial charge on any atom is 0.673 e. The molecule has 0 aliphatic carbocycles. The molecular weight excluding hydrogens is 405 g/mol.